The first kappa shape index (κ1) is 21.7. The van der Waals surface area contributed by atoms with Crippen LogP contribution in [0.1, 0.15) is 57.4 Å². The topological polar surface area (TPSA) is 99.6 Å². The molecule has 7 nitrogen and oxygen atoms in total. The first-order chi connectivity index (χ1) is 14.8. The Balaban J connectivity index is 1.73. The Morgan fingerprint density at radius 1 is 1.23 bits per heavy atom. The number of Topliss-reactive ketones (excluding diaryl/α,β-unsaturated/α-hetero) is 2. The number of pyridine rings is 1. The van der Waals surface area contributed by atoms with Gasteiger partial charge >= 0.3 is 11.9 Å². The van der Waals surface area contributed by atoms with Crippen molar-refractivity contribution in [3.63, 3.8) is 0 Å². The third-order valence-electron chi connectivity index (χ3n) is 7.89. The summed E-state index contributed by atoms with van der Waals surface area (Å²) in [7, 11) is 1.34. The van der Waals surface area contributed by atoms with Crippen LogP contribution in [0.3, 0.4) is 0 Å². The zero-order valence-electron chi connectivity index (χ0n) is 18.2. The lowest BCUT2D eigenvalue weighted by atomic mass is 9.46. The van der Waals surface area contributed by atoms with Crippen molar-refractivity contribution < 1.29 is 28.7 Å². The zero-order valence-corrected chi connectivity index (χ0v) is 18.2. The molecule has 0 aromatic carbocycles. The van der Waals surface area contributed by atoms with Crippen LogP contribution < -0.4 is 0 Å². The zero-order chi connectivity index (χ0) is 22.3. The Bertz CT molecular complexity index is 899. The van der Waals surface area contributed by atoms with Gasteiger partial charge in [-0.25, -0.2) is 0 Å². The quantitative estimate of drug-likeness (QED) is 0.684. The third-order valence-corrected chi connectivity index (χ3v) is 7.89. The number of aromatic nitrogens is 1. The van der Waals surface area contributed by atoms with Gasteiger partial charge in [0.2, 0.25) is 0 Å². The van der Waals surface area contributed by atoms with E-state index in [0.717, 1.165) is 5.56 Å². The monoisotopic (exact) mass is 427 g/mol. The Kier molecular flexibility index (Phi) is 5.71. The highest BCUT2D eigenvalue weighted by molar-refractivity contribution is 5.93. The minimum atomic E-state index is -0.979. The van der Waals surface area contributed by atoms with Crippen molar-refractivity contribution in [2.24, 2.45) is 29.1 Å². The average Bonchev–Trinajstić information content (AvgIpc) is 2.75. The van der Waals surface area contributed by atoms with Gasteiger partial charge in [0.1, 0.15) is 5.78 Å². The maximum Gasteiger partial charge on any atom is 0.309 e. The van der Waals surface area contributed by atoms with Gasteiger partial charge in [-0.15, -0.1) is 0 Å². The second kappa shape index (κ2) is 8.17. The van der Waals surface area contributed by atoms with Gasteiger partial charge in [0, 0.05) is 44.0 Å². The van der Waals surface area contributed by atoms with Crippen LogP contribution in [0.15, 0.2) is 24.5 Å². The van der Waals surface area contributed by atoms with Crippen LogP contribution >= 0.6 is 0 Å². The molecule has 3 fully saturated rings. The molecule has 166 valence electrons. The van der Waals surface area contributed by atoms with E-state index in [0.29, 0.717) is 25.7 Å². The van der Waals surface area contributed by atoms with Crippen LogP contribution in [0.4, 0.5) is 0 Å². The number of hydrogen-bond acceptors (Lipinski definition) is 7. The number of esters is 2. The molecule has 4 rings (SSSR count). The molecule has 31 heavy (non-hydrogen) atoms. The molecule has 3 aliphatic rings. The number of ether oxygens (including phenoxy) is 2. The molecule has 0 N–H and O–H groups in total. The van der Waals surface area contributed by atoms with E-state index in [2.05, 4.69) is 4.98 Å². The highest BCUT2D eigenvalue weighted by Crippen LogP contribution is 2.60. The van der Waals surface area contributed by atoms with Gasteiger partial charge < -0.3 is 9.47 Å². The molecular weight excluding hydrogens is 398 g/mol. The predicted molar refractivity (Wildman–Crippen MR) is 110 cm³/mol. The number of rotatable bonds is 3. The fourth-order valence-electron chi connectivity index (χ4n) is 6.48. The van der Waals surface area contributed by atoms with Gasteiger partial charge in [0.05, 0.1) is 13.0 Å². The number of methoxy groups -OCH3 is 1. The van der Waals surface area contributed by atoms with Crippen LogP contribution in [0.25, 0.3) is 0 Å². The lowest BCUT2D eigenvalue weighted by molar-refractivity contribution is -0.183. The summed E-state index contributed by atoms with van der Waals surface area (Å²) in [6.45, 7) is 3.23. The number of ketones is 2. The second-order valence-corrected chi connectivity index (χ2v) is 9.49. The van der Waals surface area contributed by atoms with E-state index in [-0.39, 0.29) is 41.7 Å². The highest BCUT2D eigenvalue weighted by atomic mass is 16.5. The van der Waals surface area contributed by atoms with Gasteiger partial charge in [-0.3, -0.25) is 24.2 Å². The molecule has 1 aromatic rings. The largest absolute Gasteiger partial charge is 0.469 e. The molecule has 0 spiro atoms. The molecule has 3 saturated carbocycles. The first-order valence-corrected chi connectivity index (χ1v) is 11.0. The first-order valence-electron chi connectivity index (χ1n) is 11.0. The minimum Gasteiger partial charge on any atom is -0.469 e. The number of nitrogens with zero attached hydrogens (tertiary/aromatic N) is 1. The van der Waals surface area contributed by atoms with E-state index in [1.807, 2.05) is 19.1 Å². The second-order valence-electron chi connectivity index (χ2n) is 9.49. The lowest BCUT2D eigenvalue weighted by Crippen LogP contribution is -2.60. The molecule has 1 heterocycles. The molecule has 7 heteroatoms. The summed E-state index contributed by atoms with van der Waals surface area (Å²) in [5, 5.41) is 0. The Labute approximate surface area is 181 Å². The molecule has 0 bridgehead atoms. The van der Waals surface area contributed by atoms with Gasteiger partial charge in [-0.05, 0) is 48.1 Å². The maximum atomic E-state index is 13.6. The van der Waals surface area contributed by atoms with Crippen LogP contribution in [0.2, 0.25) is 0 Å². The fraction of sp³-hybridized carbons (Fsp3) is 0.625. The molecule has 3 aliphatic carbocycles. The van der Waals surface area contributed by atoms with Crippen LogP contribution in [-0.2, 0) is 28.7 Å². The number of carbonyl (C=O) groups is 4. The van der Waals surface area contributed by atoms with Crippen molar-refractivity contribution in [1.82, 2.24) is 4.98 Å². The number of carbonyl (C=O) groups excluding carboxylic acids is 4. The van der Waals surface area contributed by atoms with E-state index in [1.54, 1.807) is 12.4 Å². The summed E-state index contributed by atoms with van der Waals surface area (Å²) in [6.07, 6.45) is 5.01. The molecule has 1 aromatic heterocycles. The standard InChI is InChI=1S/C24H29NO6/c1-13(26)31-20-11-18(23(29)30-3)24(2)7-6-16-17(21(24)22(20)28)9-15(10-19(16)27)14-5-4-8-25-12-14/h4-5,8,12,15-18,20-21H,6-7,9-11H2,1-3H3/t15-,16-,17+,18+,20+,21+,24+/m1/s1. The minimum absolute atomic E-state index is 0.0109. The van der Waals surface area contributed by atoms with E-state index >= 15 is 0 Å². The molecule has 0 amide bonds. The molecule has 0 aliphatic heterocycles. The van der Waals surface area contributed by atoms with E-state index < -0.39 is 29.3 Å². The summed E-state index contributed by atoms with van der Waals surface area (Å²) >= 11 is 0. The third kappa shape index (κ3) is 3.68. The molecule has 0 unspecified atom stereocenters. The van der Waals surface area contributed by atoms with E-state index in [4.69, 9.17) is 9.47 Å². The highest BCUT2D eigenvalue weighted by Gasteiger charge is 2.62. The van der Waals surface area contributed by atoms with Crippen molar-refractivity contribution in [3.8, 4) is 0 Å². The Hall–Kier alpha value is -2.57. The smallest absolute Gasteiger partial charge is 0.309 e. The molecule has 0 saturated heterocycles. The fourth-order valence-corrected chi connectivity index (χ4v) is 6.48. The van der Waals surface area contributed by atoms with Crippen molar-refractivity contribution in [2.75, 3.05) is 7.11 Å². The summed E-state index contributed by atoms with van der Waals surface area (Å²) in [5.41, 5.74) is 0.366. The van der Waals surface area contributed by atoms with E-state index in [9.17, 15) is 19.2 Å². The van der Waals surface area contributed by atoms with Crippen molar-refractivity contribution in [1.29, 1.82) is 0 Å². The maximum absolute atomic E-state index is 13.6. The lowest BCUT2D eigenvalue weighted by Gasteiger charge is -2.56. The average molecular weight is 427 g/mol. The Morgan fingerprint density at radius 3 is 2.65 bits per heavy atom. The predicted octanol–water partition coefficient (Wildman–Crippen LogP) is 2.87. The normalized spacial score (nSPS) is 37.4. The van der Waals surface area contributed by atoms with Crippen LogP contribution in [0, 0.1) is 29.1 Å². The van der Waals surface area contributed by atoms with Crippen molar-refractivity contribution in [2.45, 2.75) is 58.0 Å². The van der Waals surface area contributed by atoms with E-state index in [1.165, 1.54) is 14.0 Å². The van der Waals surface area contributed by atoms with Crippen LogP contribution in [0.5, 0.6) is 0 Å². The Morgan fingerprint density at radius 2 is 2.00 bits per heavy atom. The van der Waals surface area contributed by atoms with Gasteiger partial charge in [0.25, 0.3) is 0 Å². The van der Waals surface area contributed by atoms with Gasteiger partial charge in [0.15, 0.2) is 11.9 Å². The molecule has 0 radical (unpaired) electrons. The summed E-state index contributed by atoms with van der Waals surface area (Å²) in [5.74, 6) is -2.42. The van der Waals surface area contributed by atoms with Gasteiger partial charge in [-0.1, -0.05) is 13.0 Å². The summed E-state index contributed by atoms with van der Waals surface area (Å²) in [6, 6.07) is 3.82. The van der Waals surface area contributed by atoms with Crippen molar-refractivity contribution >= 4 is 23.5 Å². The van der Waals surface area contributed by atoms with Gasteiger partial charge in [-0.2, -0.15) is 0 Å². The molecular formula is C24H29NO6. The molecule has 7 atom stereocenters. The summed E-state index contributed by atoms with van der Waals surface area (Å²) < 4.78 is 10.4. The SMILES string of the molecule is COC(=O)[C@@H]1C[C@H](OC(C)=O)C(=O)[C@@H]2[C@H]3C[C@@H](c4cccnc4)CC(=O)[C@@H]3CC[C@]21C. The summed E-state index contributed by atoms with van der Waals surface area (Å²) in [4.78, 5) is 55.3. The number of hydrogen-bond donors (Lipinski definition) is 0. The van der Waals surface area contributed by atoms with Crippen LogP contribution in [-0.4, -0.2) is 41.7 Å². The van der Waals surface area contributed by atoms with Crippen molar-refractivity contribution in [3.05, 3.63) is 30.1 Å². The number of fused-ring (bicyclic) bond motifs is 3.